The summed E-state index contributed by atoms with van der Waals surface area (Å²) in [6.07, 6.45) is -0.390. The zero-order valence-electron chi connectivity index (χ0n) is 17.1. The quantitative estimate of drug-likeness (QED) is 0.259. The number of nitrogens with zero attached hydrogens (tertiary/aromatic N) is 1. The van der Waals surface area contributed by atoms with Gasteiger partial charge >= 0.3 is 181 Å². The van der Waals surface area contributed by atoms with Crippen LogP contribution in [0.4, 0.5) is 5.69 Å². The van der Waals surface area contributed by atoms with Gasteiger partial charge in [-0.25, -0.2) is 0 Å². The fourth-order valence-corrected chi connectivity index (χ4v) is 9.75. The second-order valence-electron chi connectivity index (χ2n) is 8.03. The number of rotatable bonds is 4. The second kappa shape index (κ2) is 7.12. The van der Waals surface area contributed by atoms with Gasteiger partial charge in [-0.3, -0.25) is 0 Å². The molecule has 5 heteroatoms. The number of benzene rings is 4. The molecule has 0 aromatic heterocycles. The van der Waals surface area contributed by atoms with Crippen molar-refractivity contribution in [2.45, 2.75) is 6.10 Å². The monoisotopic (exact) mass is 427 g/mol. The average molecular weight is 427 g/mol. The molecule has 0 radical (unpaired) electrons. The molecule has 0 spiro atoms. The third-order valence-electron chi connectivity index (χ3n) is 6.31. The fourth-order valence-electron chi connectivity index (χ4n) is 4.74. The molecule has 0 saturated heterocycles. The number of fused-ring (bicyclic) bond motifs is 1. The van der Waals surface area contributed by atoms with Gasteiger partial charge < -0.3 is 0 Å². The van der Waals surface area contributed by atoms with Gasteiger partial charge in [-0.2, -0.15) is 0 Å². The molecule has 0 unspecified atom stereocenters. The summed E-state index contributed by atoms with van der Waals surface area (Å²) >= 11 is 0. The molecule has 5 rings (SSSR count). The van der Waals surface area contributed by atoms with Crippen LogP contribution in [0.25, 0.3) is 0 Å². The summed E-state index contributed by atoms with van der Waals surface area (Å²) in [5, 5.41) is 14.9. The maximum absolute atomic E-state index is 11.4. The van der Waals surface area contributed by atoms with Crippen LogP contribution >= 0.6 is 6.83 Å². The van der Waals surface area contributed by atoms with E-state index in [1.54, 1.807) is 12.1 Å². The molecule has 4 nitrogen and oxygen atoms in total. The summed E-state index contributed by atoms with van der Waals surface area (Å²) in [6.45, 7) is -1.04. The van der Waals surface area contributed by atoms with Crippen LogP contribution in [0.2, 0.25) is 0 Å². The molecule has 0 amide bonds. The first-order chi connectivity index (χ1) is 15.0. The van der Waals surface area contributed by atoms with Crippen molar-refractivity contribution in [1.82, 2.24) is 0 Å². The molecular formula is C26H22NO3P. The van der Waals surface area contributed by atoms with Crippen molar-refractivity contribution >= 4 is 28.4 Å². The van der Waals surface area contributed by atoms with E-state index in [2.05, 4.69) is 49.1 Å². The third kappa shape index (κ3) is 2.83. The van der Waals surface area contributed by atoms with Gasteiger partial charge in [0, 0.05) is 0 Å². The number of non-ortho nitro benzene ring substituents is 1. The van der Waals surface area contributed by atoms with Crippen LogP contribution < -0.4 is 15.9 Å². The van der Waals surface area contributed by atoms with Crippen LogP contribution in [0.3, 0.4) is 0 Å². The van der Waals surface area contributed by atoms with E-state index in [0.717, 1.165) is 21.7 Å². The molecule has 1 aliphatic heterocycles. The SMILES string of the molecule is CP1(c2ccccc2)(c2ccccc2)O[C@@H](c2cccc([N+](=O)[O-])c2)c2ccccc21. The first-order valence-electron chi connectivity index (χ1n) is 10.2. The molecule has 0 saturated carbocycles. The van der Waals surface area contributed by atoms with Crippen LogP contribution in [0.15, 0.2) is 109 Å². The zero-order valence-corrected chi connectivity index (χ0v) is 18.0. The van der Waals surface area contributed by atoms with Crippen molar-refractivity contribution in [2.75, 3.05) is 6.66 Å². The predicted octanol–water partition coefficient (Wildman–Crippen LogP) is 5.09. The number of nitro groups is 1. The standard InChI is InChI=1S/C26H22NO3P/c1-31(22-13-4-2-5-14-22,23-15-6-3-7-16-23)25-18-9-8-17-24(25)26(30-31)20-11-10-12-21(19-20)27(28)29/h2-19,26H,1H3/t26-/m0/s1. The Kier molecular flexibility index (Phi) is 4.51. The Morgan fingerprint density at radius 1 is 0.774 bits per heavy atom. The molecule has 0 bridgehead atoms. The molecule has 0 fully saturated rings. The van der Waals surface area contributed by atoms with Crippen molar-refractivity contribution < 1.29 is 9.45 Å². The summed E-state index contributed by atoms with van der Waals surface area (Å²) in [6, 6.07) is 35.8. The Labute approximate surface area is 181 Å². The van der Waals surface area contributed by atoms with Crippen molar-refractivity contribution in [2.24, 2.45) is 0 Å². The number of nitro benzene ring substituents is 1. The maximum atomic E-state index is 11.4. The first-order valence-corrected chi connectivity index (χ1v) is 12.8. The van der Waals surface area contributed by atoms with E-state index in [9.17, 15) is 10.1 Å². The molecule has 1 heterocycles. The van der Waals surface area contributed by atoms with E-state index >= 15 is 0 Å². The van der Waals surface area contributed by atoms with Crippen LogP contribution in [0, 0.1) is 10.1 Å². The Morgan fingerprint density at radius 3 is 1.97 bits per heavy atom. The Balaban J connectivity index is 1.82. The van der Waals surface area contributed by atoms with Gasteiger partial charge in [0.05, 0.1) is 0 Å². The zero-order chi connectivity index (χ0) is 21.5. The Hall–Kier alpha value is -3.33. The van der Waals surface area contributed by atoms with Gasteiger partial charge in [-0.1, -0.05) is 0 Å². The van der Waals surface area contributed by atoms with Crippen LogP contribution in [-0.2, 0) is 4.52 Å². The fraction of sp³-hybridized carbons (Fsp3) is 0.0769. The van der Waals surface area contributed by atoms with Gasteiger partial charge in [-0.15, -0.1) is 0 Å². The van der Waals surface area contributed by atoms with Gasteiger partial charge in [0.15, 0.2) is 0 Å². The van der Waals surface area contributed by atoms with Gasteiger partial charge in [-0.05, 0) is 0 Å². The molecule has 154 valence electrons. The summed E-state index contributed by atoms with van der Waals surface area (Å²) in [5.41, 5.74) is 1.93. The van der Waals surface area contributed by atoms with E-state index in [-0.39, 0.29) is 16.7 Å². The molecule has 4 aromatic carbocycles. The minimum absolute atomic E-state index is 0.0707. The molecule has 0 N–H and O–H groups in total. The van der Waals surface area contributed by atoms with E-state index in [0.29, 0.717) is 0 Å². The molecule has 0 aliphatic carbocycles. The van der Waals surface area contributed by atoms with Crippen molar-refractivity contribution in [3.05, 3.63) is 130 Å². The molecule has 1 atom stereocenters. The van der Waals surface area contributed by atoms with Gasteiger partial charge in [0.25, 0.3) is 0 Å². The van der Waals surface area contributed by atoms with Crippen LogP contribution in [0.1, 0.15) is 17.2 Å². The summed E-state index contributed by atoms with van der Waals surface area (Å²) in [7, 11) is 0. The van der Waals surface area contributed by atoms with E-state index in [4.69, 9.17) is 4.52 Å². The number of hydrogen-bond acceptors (Lipinski definition) is 3. The van der Waals surface area contributed by atoms with Gasteiger partial charge in [0.1, 0.15) is 0 Å². The van der Waals surface area contributed by atoms with E-state index < -0.39 is 6.83 Å². The Bertz CT molecular complexity index is 1230. The number of hydrogen-bond donors (Lipinski definition) is 0. The van der Waals surface area contributed by atoms with Gasteiger partial charge in [0.2, 0.25) is 0 Å². The molecule has 31 heavy (non-hydrogen) atoms. The van der Waals surface area contributed by atoms with Crippen molar-refractivity contribution in [3.8, 4) is 0 Å². The molecule has 4 aromatic rings. The predicted molar refractivity (Wildman–Crippen MR) is 127 cm³/mol. The van der Waals surface area contributed by atoms with Crippen molar-refractivity contribution in [3.63, 3.8) is 0 Å². The van der Waals surface area contributed by atoms with E-state index in [1.807, 2.05) is 48.5 Å². The Morgan fingerprint density at radius 2 is 1.35 bits per heavy atom. The molecule has 1 aliphatic rings. The van der Waals surface area contributed by atoms with Crippen LogP contribution in [0.5, 0.6) is 0 Å². The van der Waals surface area contributed by atoms with Crippen LogP contribution in [-0.4, -0.2) is 11.6 Å². The third-order valence-corrected chi connectivity index (χ3v) is 11.7. The summed E-state index contributed by atoms with van der Waals surface area (Å²) < 4.78 is 7.21. The van der Waals surface area contributed by atoms with E-state index in [1.165, 1.54) is 11.4 Å². The van der Waals surface area contributed by atoms with Crippen molar-refractivity contribution in [1.29, 1.82) is 0 Å². The first kappa shape index (κ1) is 19.6. The average Bonchev–Trinajstić information content (AvgIpc) is 3.12. The minimum atomic E-state index is -3.28. The normalized spacial score (nSPS) is 19.6. The topological polar surface area (TPSA) is 52.4 Å². The summed E-state index contributed by atoms with van der Waals surface area (Å²) in [4.78, 5) is 11.1. The summed E-state index contributed by atoms with van der Waals surface area (Å²) in [5.74, 6) is 0. The molecular weight excluding hydrogens is 405 g/mol. The second-order valence-corrected chi connectivity index (χ2v) is 12.7.